The number of aromatic nitrogens is 1. The Morgan fingerprint density at radius 2 is 1.51 bits per heavy atom. The van der Waals surface area contributed by atoms with E-state index in [0.29, 0.717) is 17.1 Å². The number of nitrogens with zero attached hydrogens (tertiary/aromatic N) is 1. The SMILES string of the molecule is O=C(COC(=O)Cc1coc(-c2ccccc2)n1)Nc1cccc2c1C(=O)c1ccccc1C2=O. The van der Waals surface area contributed by atoms with Crippen LogP contribution >= 0.6 is 0 Å². The number of fused-ring (bicyclic) bond motifs is 2. The van der Waals surface area contributed by atoms with Gasteiger partial charge in [0.25, 0.3) is 5.91 Å². The van der Waals surface area contributed by atoms with E-state index in [4.69, 9.17) is 9.15 Å². The summed E-state index contributed by atoms with van der Waals surface area (Å²) in [6, 6.07) is 20.4. The fraction of sp³-hybridized carbons (Fsp3) is 0.0741. The number of nitrogens with one attached hydrogen (secondary N) is 1. The number of amides is 1. The van der Waals surface area contributed by atoms with E-state index in [-0.39, 0.29) is 40.4 Å². The number of ketones is 2. The second-order valence-corrected chi connectivity index (χ2v) is 7.83. The third-order valence-corrected chi connectivity index (χ3v) is 5.49. The van der Waals surface area contributed by atoms with Gasteiger partial charge in [0.2, 0.25) is 5.89 Å². The minimum Gasteiger partial charge on any atom is -0.455 e. The van der Waals surface area contributed by atoms with Crippen molar-refractivity contribution in [1.82, 2.24) is 4.98 Å². The van der Waals surface area contributed by atoms with E-state index in [2.05, 4.69) is 10.3 Å². The smallest absolute Gasteiger partial charge is 0.312 e. The summed E-state index contributed by atoms with van der Waals surface area (Å²) in [6.07, 6.45) is 1.19. The van der Waals surface area contributed by atoms with Crippen LogP contribution in [0.5, 0.6) is 0 Å². The quantitative estimate of drug-likeness (QED) is 0.378. The van der Waals surface area contributed by atoms with Gasteiger partial charge in [-0.1, -0.05) is 54.6 Å². The van der Waals surface area contributed by atoms with Crippen LogP contribution < -0.4 is 5.32 Å². The second-order valence-electron chi connectivity index (χ2n) is 7.83. The summed E-state index contributed by atoms with van der Waals surface area (Å²) in [4.78, 5) is 54.8. The normalized spacial score (nSPS) is 12.0. The molecule has 3 aromatic carbocycles. The summed E-state index contributed by atoms with van der Waals surface area (Å²) in [5, 5.41) is 2.57. The lowest BCUT2D eigenvalue weighted by Crippen LogP contribution is -2.26. The Balaban J connectivity index is 1.22. The van der Waals surface area contributed by atoms with Crippen LogP contribution in [0.3, 0.4) is 0 Å². The lowest BCUT2D eigenvalue weighted by Gasteiger charge is -2.20. The lowest BCUT2D eigenvalue weighted by atomic mass is 9.83. The molecule has 0 unspecified atom stereocenters. The van der Waals surface area contributed by atoms with Crippen molar-refractivity contribution in [3.63, 3.8) is 0 Å². The number of rotatable bonds is 6. The van der Waals surface area contributed by atoms with Gasteiger partial charge in [-0.2, -0.15) is 0 Å². The van der Waals surface area contributed by atoms with Gasteiger partial charge in [-0.15, -0.1) is 0 Å². The first kappa shape index (κ1) is 22.0. The molecule has 1 heterocycles. The number of benzene rings is 3. The van der Waals surface area contributed by atoms with Crippen molar-refractivity contribution in [3.05, 3.63) is 107 Å². The van der Waals surface area contributed by atoms with Crippen molar-refractivity contribution < 1.29 is 28.3 Å². The maximum Gasteiger partial charge on any atom is 0.312 e. The lowest BCUT2D eigenvalue weighted by molar-refractivity contribution is -0.146. The van der Waals surface area contributed by atoms with Crippen molar-refractivity contribution in [2.75, 3.05) is 11.9 Å². The largest absolute Gasteiger partial charge is 0.455 e. The highest BCUT2D eigenvalue weighted by Crippen LogP contribution is 2.31. The molecule has 1 aliphatic carbocycles. The zero-order valence-electron chi connectivity index (χ0n) is 18.3. The van der Waals surface area contributed by atoms with Gasteiger partial charge >= 0.3 is 5.97 Å². The van der Waals surface area contributed by atoms with E-state index in [1.165, 1.54) is 12.3 Å². The average molecular weight is 466 g/mol. The Bertz CT molecular complexity index is 1470. The molecule has 0 atom stereocenters. The molecule has 0 aliphatic heterocycles. The molecule has 0 spiro atoms. The number of ether oxygens (including phenoxy) is 1. The highest BCUT2D eigenvalue weighted by Gasteiger charge is 2.31. The van der Waals surface area contributed by atoms with Crippen LogP contribution in [-0.4, -0.2) is 35.0 Å². The molecule has 1 amide bonds. The highest BCUT2D eigenvalue weighted by atomic mass is 16.5. The molecule has 0 bridgehead atoms. The predicted molar refractivity (Wildman–Crippen MR) is 125 cm³/mol. The molecule has 0 saturated heterocycles. The van der Waals surface area contributed by atoms with Crippen molar-refractivity contribution in [1.29, 1.82) is 0 Å². The Morgan fingerprint density at radius 3 is 2.29 bits per heavy atom. The molecule has 4 aromatic rings. The fourth-order valence-corrected chi connectivity index (χ4v) is 3.88. The Hall–Kier alpha value is -4.85. The molecule has 35 heavy (non-hydrogen) atoms. The van der Waals surface area contributed by atoms with Gasteiger partial charge in [-0.3, -0.25) is 19.2 Å². The molecule has 0 fully saturated rings. The van der Waals surface area contributed by atoms with E-state index < -0.39 is 18.5 Å². The third kappa shape index (κ3) is 4.37. The van der Waals surface area contributed by atoms with Crippen LogP contribution in [0.25, 0.3) is 11.5 Å². The van der Waals surface area contributed by atoms with Crippen LogP contribution in [0.4, 0.5) is 5.69 Å². The van der Waals surface area contributed by atoms with E-state index in [9.17, 15) is 19.2 Å². The van der Waals surface area contributed by atoms with Crippen LogP contribution in [0.15, 0.2) is 83.5 Å². The molecule has 0 saturated carbocycles. The Kier molecular flexibility index (Phi) is 5.76. The Labute approximate surface area is 199 Å². The first-order valence-electron chi connectivity index (χ1n) is 10.8. The number of esters is 1. The number of carbonyl (C=O) groups is 4. The molecule has 1 aliphatic rings. The summed E-state index contributed by atoms with van der Waals surface area (Å²) in [5.41, 5.74) is 2.25. The highest BCUT2D eigenvalue weighted by molar-refractivity contribution is 6.30. The summed E-state index contributed by atoms with van der Waals surface area (Å²) >= 11 is 0. The van der Waals surface area contributed by atoms with E-state index in [1.54, 1.807) is 36.4 Å². The average Bonchev–Trinajstić information content (AvgIpc) is 3.35. The monoisotopic (exact) mass is 466 g/mol. The van der Waals surface area contributed by atoms with Gasteiger partial charge in [0.05, 0.1) is 23.4 Å². The summed E-state index contributed by atoms with van der Waals surface area (Å²) in [5.74, 6) is -1.58. The molecule has 172 valence electrons. The number of hydrogen-bond acceptors (Lipinski definition) is 7. The first-order chi connectivity index (χ1) is 17.0. The van der Waals surface area contributed by atoms with Gasteiger partial charge in [0.15, 0.2) is 18.2 Å². The van der Waals surface area contributed by atoms with E-state index >= 15 is 0 Å². The van der Waals surface area contributed by atoms with Gasteiger partial charge < -0.3 is 14.5 Å². The minimum atomic E-state index is -0.664. The van der Waals surface area contributed by atoms with Gasteiger partial charge in [0, 0.05) is 22.3 Å². The molecule has 1 N–H and O–H groups in total. The topological polar surface area (TPSA) is 116 Å². The molecule has 8 heteroatoms. The summed E-state index contributed by atoms with van der Waals surface area (Å²) < 4.78 is 10.5. The fourth-order valence-electron chi connectivity index (χ4n) is 3.88. The maximum absolute atomic E-state index is 13.0. The molecular formula is C27H18N2O6. The van der Waals surface area contributed by atoms with Crippen LogP contribution in [0.1, 0.15) is 37.5 Å². The summed E-state index contributed by atoms with van der Waals surface area (Å²) in [7, 11) is 0. The van der Waals surface area contributed by atoms with Crippen molar-refractivity contribution >= 4 is 29.1 Å². The van der Waals surface area contributed by atoms with Crippen molar-refractivity contribution in [3.8, 4) is 11.5 Å². The van der Waals surface area contributed by atoms with Crippen molar-refractivity contribution in [2.24, 2.45) is 0 Å². The molecular weight excluding hydrogens is 448 g/mol. The second kappa shape index (κ2) is 9.18. The van der Waals surface area contributed by atoms with Gasteiger partial charge in [-0.25, -0.2) is 4.98 Å². The first-order valence-corrected chi connectivity index (χ1v) is 10.8. The third-order valence-electron chi connectivity index (χ3n) is 5.49. The maximum atomic E-state index is 13.0. The molecule has 8 nitrogen and oxygen atoms in total. The van der Waals surface area contributed by atoms with Crippen LogP contribution in [0.2, 0.25) is 0 Å². The zero-order valence-corrected chi connectivity index (χ0v) is 18.3. The van der Waals surface area contributed by atoms with Crippen LogP contribution in [-0.2, 0) is 20.7 Å². The minimum absolute atomic E-state index is 0.118. The van der Waals surface area contributed by atoms with E-state index in [1.807, 2.05) is 30.3 Å². The van der Waals surface area contributed by atoms with E-state index in [0.717, 1.165) is 5.56 Å². The van der Waals surface area contributed by atoms with Crippen LogP contribution in [0, 0.1) is 0 Å². The number of anilines is 1. The summed E-state index contributed by atoms with van der Waals surface area (Å²) in [6.45, 7) is -0.565. The zero-order chi connectivity index (χ0) is 24.4. The predicted octanol–water partition coefficient (Wildman–Crippen LogP) is 3.84. The van der Waals surface area contributed by atoms with Gasteiger partial charge in [0.1, 0.15) is 6.26 Å². The molecule has 1 aromatic heterocycles. The molecule has 5 rings (SSSR count). The Morgan fingerprint density at radius 1 is 0.829 bits per heavy atom. The standard InChI is InChI=1S/C27H18N2O6/c30-22(15-34-23(31)13-17-14-35-27(28-17)16-7-2-1-3-8-16)29-21-12-6-11-20-24(21)26(33)19-10-5-4-9-18(19)25(20)32/h1-12,14H,13,15H2,(H,29,30). The number of carbonyl (C=O) groups excluding carboxylic acids is 4. The number of oxazole rings is 1. The number of hydrogen-bond donors (Lipinski definition) is 1. The van der Waals surface area contributed by atoms with Gasteiger partial charge in [-0.05, 0) is 18.2 Å². The van der Waals surface area contributed by atoms with Crippen molar-refractivity contribution in [2.45, 2.75) is 6.42 Å². The molecule has 0 radical (unpaired) electrons.